The van der Waals surface area contributed by atoms with Crippen LogP contribution >= 0.6 is 11.3 Å². The van der Waals surface area contributed by atoms with Gasteiger partial charge in [0.15, 0.2) is 0 Å². The zero-order valence-corrected chi connectivity index (χ0v) is 15.2. The Hall–Kier alpha value is -1.62. The van der Waals surface area contributed by atoms with Gasteiger partial charge in [0.2, 0.25) is 0 Å². The Bertz CT molecular complexity index is 670. The van der Waals surface area contributed by atoms with Gasteiger partial charge in [-0.1, -0.05) is 18.2 Å². The van der Waals surface area contributed by atoms with Crippen molar-refractivity contribution in [2.75, 3.05) is 19.6 Å². The highest BCUT2D eigenvalue weighted by atomic mass is 32.1. The lowest BCUT2D eigenvalue weighted by molar-refractivity contribution is 0.0307. The SMILES string of the molecule is C=CCN1C[C@H](C)N([C@H](c2ccsc2)c2cccc(O)c2)C[C@H]1C. The van der Waals surface area contributed by atoms with Crippen LogP contribution in [0.4, 0.5) is 0 Å². The summed E-state index contributed by atoms with van der Waals surface area (Å²) in [6, 6.07) is 11.0. The van der Waals surface area contributed by atoms with Crippen LogP contribution in [0.5, 0.6) is 5.75 Å². The largest absolute Gasteiger partial charge is 0.508 e. The summed E-state index contributed by atoms with van der Waals surface area (Å²) in [6.45, 7) is 11.4. The molecule has 3 rings (SSSR count). The summed E-state index contributed by atoms with van der Waals surface area (Å²) in [5.41, 5.74) is 2.46. The lowest BCUT2D eigenvalue weighted by Gasteiger charge is -2.47. The van der Waals surface area contributed by atoms with Crippen LogP contribution in [-0.4, -0.2) is 46.6 Å². The third-order valence-corrected chi connectivity index (χ3v) is 5.60. The van der Waals surface area contributed by atoms with Crippen molar-refractivity contribution < 1.29 is 5.11 Å². The number of hydrogen-bond acceptors (Lipinski definition) is 4. The van der Waals surface area contributed by atoms with E-state index in [9.17, 15) is 5.11 Å². The molecule has 1 aliphatic rings. The van der Waals surface area contributed by atoms with Crippen molar-refractivity contribution in [1.29, 1.82) is 0 Å². The van der Waals surface area contributed by atoms with E-state index in [1.54, 1.807) is 17.4 Å². The highest BCUT2D eigenvalue weighted by molar-refractivity contribution is 7.08. The molecule has 0 spiro atoms. The van der Waals surface area contributed by atoms with Gasteiger partial charge in [-0.15, -0.1) is 6.58 Å². The van der Waals surface area contributed by atoms with Crippen molar-refractivity contribution in [3.05, 3.63) is 64.9 Å². The van der Waals surface area contributed by atoms with Gasteiger partial charge in [-0.05, 0) is 53.9 Å². The summed E-state index contributed by atoms with van der Waals surface area (Å²) in [6.07, 6.45) is 1.99. The molecular weight excluding hydrogens is 316 g/mol. The molecule has 2 aromatic rings. The fourth-order valence-corrected chi connectivity index (χ4v) is 4.38. The fourth-order valence-electron chi connectivity index (χ4n) is 3.71. The Kier molecular flexibility index (Phi) is 5.39. The maximum absolute atomic E-state index is 9.95. The average Bonchev–Trinajstić information content (AvgIpc) is 3.06. The molecule has 0 unspecified atom stereocenters. The molecule has 1 aliphatic heterocycles. The van der Waals surface area contributed by atoms with Crippen molar-refractivity contribution in [3.8, 4) is 5.75 Å². The van der Waals surface area contributed by atoms with Crippen molar-refractivity contribution >= 4 is 11.3 Å². The van der Waals surface area contributed by atoms with Crippen LogP contribution in [0.25, 0.3) is 0 Å². The zero-order chi connectivity index (χ0) is 17.1. The first-order chi connectivity index (χ1) is 11.6. The minimum absolute atomic E-state index is 0.187. The zero-order valence-electron chi connectivity index (χ0n) is 14.4. The molecule has 1 fully saturated rings. The number of piperazine rings is 1. The monoisotopic (exact) mass is 342 g/mol. The molecule has 1 aromatic heterocycles. The number of rotatable bonds is 5. The van der Waals surface area contributed by atoms with Crippen molar-refractivity contribution in [1.82, 2.24) is 9.80 Å². The van der Waals surface area contributed by atoms with Crippen molar-refractivity contribution in [2.24, 2.45) is 0 Å². The number of nitrogens with zero attached hydrogens (tertiary/aromatic N) is 2. The fraction of sp³-hybridized carbons (Fsp3) is 0.400. The van der Waals surface area contributed by atoms with E-state index in [1.165, 1.54) is 5.56 Å². The second-order valence-corrected chi connectivity index (χ2v) is 7.47. The molecule has 0 aliphatic carbocycles. The van der Waals surface area contributed by atoms with Gasteiger partial charge in [-0.2, -0.15) is 11.3 Å². The van der Waals surface area contributed by atoms with Crippen molar-refractivity contribution in [2.45, 2.75) is 32.0 Å². The Labute approximate surface area is 148 Å². The van der Waals surface area contributed by atoms with Crippen LogP contribution in [0.1, 0.15) is 31.0 Å². The lowest BCUT2D eigenvalue weighted by Crippen LogP contribution is -2.57. The third kappa shape index (κ3) is 3.56. The molecule has 24 heavy (non-hydrogen) atoms. The smallest absolute Gasteiger partial charge is 0.115 e. The maximum atomic E-state index is 9.95. The van der Waals surface area contributed by atoms with Gasteiger partial charge in [0.05, 0.1) is 6.04 Å². The lowest BCUT2D eigenvalue weighted by atomic mass is 9.95. The van der Waals surface area contributed by atoms with Crippen LogP contribution in [-0.2, 0) is 0 Å². The number of benzene rings is 1. The number of hydrogen-bond donors (Lipinski definition) is 1. The molecule has 2 heterocycles. The number of phenolic OH excluding ortho intramolecular Hbond substituents is 1. The van der Waals surface area contributed by atoms with Crippen LogP contribution in [0.15, 0.2) is 53.7 Å². The van der Waals surface area contributed by atoms with Crippen molar-refractivity contribution in [3.63, 3.8) is 0 Å². The van der Waals surface area contributed by atoms with Crippen LogP contribution < -0.4 is 0 Å². The van der Waals surface area contributed by atoms with Crippen LogP contribution in [0, 0.1) is 0 Å². The van der Waals surface area contributed by atoms with E-state index in [-0.39, 0.29) is 6.04 Å². The van der Waals surface area contributed by atoms with E-state index in [0.29, 0.717) is 17.8 Å². The van der Waals surface area contributed by atoms with Gasteiger partial charge in [-0.25, -0.2) is 0 Å². The molecule has 1 saturated heterocycles. The minimum Gasteiger partial charge on any atom is -0.508 e. The Balaban J connectivity index is 1.93. The van der Waals surface area contributed by atoms with E-state index < -0.39 is 0 Å². The standard InChI is InChI=1S/C20H26N2OS/c1-4-9-21-12-16(3)22(13-15(21)2)20(18-8-10-24-14-18)17-6-5-7-19(23)11-17/h4-8,10-11,14-16,20,23H,1,9,12-13H2,2-3H3/t15-,16+,20+/m1/s1. The molecular formula is C20H26N2OS. The molecule has 3 atom stereocenters. The first-order valence-corrected chi connectivity index (χ1v) is 9.46. The molecule has 0 radical (unpaired) electrons. The second-order valence-electron chi connectivity index (χ2n) is 6.69. The summed E-state index contributed by atoms with van der Waals surface area (Å²) >= 11 is 1.73. The Morgan fingerprint density at radius 3 is 2.75 bits per heavy atom. The van der Waals surface area contributed by atoms with Crippen LogP contribution in [0.2, 0.25) is 0 Å². The highest BCUT2D eigenvalue weighted by Crippen LogP contribution is 2.35. The Morgan fingerprint density at radius 1 is 1.25 bits per heavy atom. The summed E-state index contributed by atoms with van der Waals surface area (Å²) in [7, 11) is 0. The maximum Gasteiger partial charge on any atom is 0.115 e. The number of thiophene rings is 1. The van der Waals surface area contributed by atoms with E-state index in [2.05, 4.69) is 53.1 Å². The van der Waals surface area contributed by atoms with Gasteiger partial charge in [0, 0.05) is 31.7 Å². The van der Waals surface area contributed by atoms with Gasteiger partial charge in [-0.3, -0.25) is 9.80 Å². The summed E-state index contributed by atoms with van der Waals surface area (Å²) < 4.78 is 0. The Morgan fingerprint density at radius 2 is 2.08 bits per heavy atom. The van der Waals surface area contributed by atoms with E-state index in [0.717, 1.165) is 25.2 Å². The number of aromatic hydroxyl groups is 1. The summed E-state index contributed by atoms with van der Waals surface area (Å²) in [5, 5.41) is 14.3. The number of phenols is 1. The highest BCUT2D eigenvalue weighted by Gasteiger charge is 2.34. The molecule has 0 bridgehead atoms. The minimum atomic E-state index is 0.187. The normalized spacial score (nSPS) is 23.9. The van der Waals surface area contributed by atoms with Crippen LogP contribution in [0.3, 0.4) is 0 Å². The van der Waals surface area contributed by atoms with E-state index >= 15 is 0 Å². The van der Waals surface area contributed by atoms with Gasteiger partial charge >= 0.3 is 0 Å². The van der Waals surface area contributed by atoms with Gasteiger partial charge in [0.25, 0.3) is 0 Å². The molecule has 1 aromatic carbocycles. The third-order valence-electron chi connectivity index (χ3n) is 4.90. The van der Waals surface area contributed by atoms with Gasteiger partial charge < -0.3 is 5.11 Å². The second kappa shape index (κ2) is 7.51. The quantitative estimate of drug-likeness (QED) is 0.828. The topological polar surface area (TPSA) is 26.7 Å². The average molecular weight is 343 g/mol. The molecule has 0 saturated carbocycles. The van der Waals surface area contributed by atoms with Gasteiger partial charge in [0.1, 0.15) is 5.75 Å². The predicted molar refractivity (Wildman–Crippen MR) is 102 cm³/mol. The van der Waals surface area contributed by atoms with E-state index in [4.69, 9.17) is 0 Å². The molecule has 4 heteroatoms. The first-order valence-electron chi connectivity index (χ1n) is 8.52. The molecule has 0 amide bonds. The molecule has 1 N–H and O–H groups in total. The summed E-state index contributed by atoms with van der Waals surface area (Å²) in [4.78, 5) is 5.06. The first kappa shape index (κ1) is 17.2. The molecule has 3 nitrogen and oxygen atoms in total. The molecule has 128 valence electrons. The predicted octanol–water partition coefficient (Wildman–Crippen LogP) is 4.12. The van der Waals surface area contributed by atoms with E-state index in [1.807, 2.05) is 18.2 Å². The summed E-state index contributed by atoms with van der Waals surface area (Å²) in [5.74, 6) is 0.332.